The molecule has 0 saturated heterocycles. The van der Waals surface area contributed by atoms with E-state index in [0.717, 1.165) is 0 Å². The highest BCUT2D eigenvalue weighted by Gasteiger charge is 2.18. The van der Waals surface area contributed by atoms with E-state index in [0.29, 0.717) is 22.2 Å². The van der Waals surface area contributed by atoms with Gasteiger partial charge in [-0.05, 0) is 29.8 Å². The summed E-state index contributed by atoms with van der Waals surface area (Å²) in [5.41, 5.74) is 3.55. The SMILES string of the molecule is COc1ccc(C(NN)c2cc(F)ccc2Cl)nn1. The highest BCUT2D eigenvalue weighted by atomic mass is 35.5. The van der Waals surface area contributed by atoms with Crippen LogP contribution >= 0.6 is 11.6 Å². The van der Waals surface area contributed by atoms with Crippen molar-refractivity contribution in [1.82, 2.24) is 15.6 Å². The second kappa shape index (κ2) is 5.92. The van der Waals surface area contributed by atoms with Crippen LogP contribution in [0.2, 0.25) is 5.02 Å². The summed E-state index contributed by atoms with van der Waals surface area (Å²) in [6, 6.07) is 6.81. The number of benzene rings is 1. The maximum atomic E-state index is 13.3. The molecular formula is C12H12ClFN4O. The van der Waals surface area contributed by atoms with Crippen molar-refractivity contribution in [2.24, 2.45) is 5.84 Å². The van der Waals surface area contributed by atoms with Gasteiger partial charge in [0.05, 0.1) is 18.8 Å². The lowest BCUT2D eigenvalue weighted by Crippen LogP contribution is -2.30. The van der Waals surface area contributed by atoms with E-state index in [4.69, 9.17) is 22.2 Å². The fourth-order valence-corrected chi connectivity index (χ4v) is 1.89. The monoisotopic (exact) mass is 282 g/mol. The van der Waals surface area contributed by atoms with Crippen molar-refractivity contribution in [2.45, 2.75) is 6.04 Å². The zero-order chi connectivity index (χ0) is 13.8. The summed E-state index contributed by atoms with van der Waals surface area (Å²) in [5.74, 6) is 5.47. The lowest BCUT2D eigenvalue weighted by Gasteiger charge is -2.16. The standard InChI is InChI=1S/C12H12ClFN4O/c1-19-11-5-4-10(17-18-11)12(16-15)8-6-7(14)2-3-9(8)13/h2-6,12,16H,15H2,1H3. The number of aromatic nitrogens is 2. The Hall–Kier alpha value is -1.76. The Morgan fingerprint density at radius 2 is 2.11 bits per heavy atom. The number of halogens is 2. The molecule has 0 bridgehead atoms. The fourth-order valence-electron chi connectivity index (χ4n) is 1.66. The Bertz CT molecular complexity index is 564. The third kappa shape index (κ3) is 2.98. The van der Waals surface area contributed by atoms with Crippen LogP contribution in [0.15, 0.2) is 30.3 Å². The number of rotatable bonds is 4. The Morgan fingerprint density at radius 1 is 1.32 bits per heavy atom. The summed E-state index contributed by atoms with van der Waals surface area (Å²) in [6.07, 6.45) is 0. The van der Waals surface area contributed by atoms with Crippen LogP contribution in [-0.4, -0.2) is 17.3 Å². The number of ether oxygens (including phenoxy) is 1. The normalized spacial score (nSPS) is 12.2. The molecule has 1 aromatic heterocycles. The van der Waals surface area contributed by atoms with Crippen LogP contribution in [0.5, 0.6) is 5.88 Å². The number of nitrogens with two attached hydrogens (primary N) is 1. The van der Waals surface area contributed by atoms with Crippen molar-refractivity contribution in [3.63, 3.8) is 0 Å². The Kier molecular flexibility index (Phi) is 4.26. The van der Waals surface area contributed by atoms with Crippen LogP contribution in [0, 0.1) is 5.82 Å². The van der Waals surface area contributed by atoms with Crippen LogP contribution in [0.4, 0.5) is 4.39 Å². The average Bonchev–Trinajstić information content (AvgIpc) is 2.44. The second-order valence-electron chi connectivity index (χ2n) is 3.77. The molecule has 1 heterocycles. The van der Waals surface area contributed by atoms with Crippen molar-refractivity contribution in [1.29, 1.82) is 0 Å². The molecule has 1 unspecified atom stereocenters. The molecule has 2 aromatic rings. The molecule has 0 aliphatic carbocycles. The van der Waals surface area contributed by atoms with Gasteiger partial charge in [-0.2, -0.15) is 0 Å². The molecule has 0 spiro atoms. The van der Waals surface area contributed by atoms with Crippen molar-refractivity contribution < 1.29 is 9.13 Å². The van der Waals surface area contributed by atoms with Gasteiger partial charge in [-0.3, -0.25) is 5.84 Å². The number of hydrazine groups is 1. The Balaban J connectivity index is 2.40. The van der Waals surface area contributed by atoms with Crippen LogP contribution < -0.4 is 16.0 Å². The molecule has 0 radical (unpaired) electrons. The van der Waals surface area contributed by atoms with Gasteiger partial charge in [-0.15, -0.1) is 10.2 Å². The second-order valence-corrected chi connectivity index (χ2v) is 4.17. The van der Waals surface area contributed by atoms with Crippen LogP contribution in [0.1, 0.15) is 17.3 Å². The highest BCUT2D eigenvalue weighted by Crippen LogP contribution is 2.27. The summed E-state index contributed by atoms with van der Waals surface area (Å²) in [6.45, 7) is 0. The maximum Gasteiger partial charge on any atom is 0.233 e. The van der Waals surface area contributed by atoms with Crippen molar-refractivity contribution >= 4 is 11.6 Å². The highest BCUT2D eigenvalue weighted by molar-refractivity contribution is 6.31. The lowest BCUT2D eigenvalue weighted by atomic mass is 10.0. The number of hydrogen-bond donors (Lipinski definition) is 2. The first kappa shape index (κ1) is 13.7. The maximum absolute atomic E-state index is 13.3. The first-order valence-electron chi connectivity index (χ1n) is 5.44. The molecule has 3 N–H and O–H groups in total. The number of nitrogens with zero attached hydrogens (tertiary/aromatic N) is 2. The molecule has 5 nitrogen and oxygen atoms in total. The van der Waals surface area contributed by atoms with Crippen molar-refractivity contribution in [2.75, 3.05) is 7.11 Å². The molecule has 7 heteroatoms. The van der Waals surface area contributed by atoms with Gasteiger partial charge in [0.1, 0.15) is 5.82 Å². The van der Waals surface area contributed by atoms with Crippen molar-refractivity contribution in [3.05, 3.63) is 52.4 Å². The first-order chi connectivity index (χ1) is 9.15. The third-order valence-corrected chi connectivity index (χ3v) is 2.95. The molecule has 0 amide bonds. The average molecular weight is 283 g/mol. The third-order valence-electron chi connectivity index (χ3n) is 2.60. The summed E-state index contributed by atoms with van der Waals surface area (Å²) >= 11 is 6.04. The summed E-state index contributed by atoms with van der Waals surface area (Å²) < 4.78 is 18.2. The largest absolute Gasteiger partial charge is 0.480 e. The molecule has 0 fully saturated rings. The minimum Gasteiger partial charge on any atom is -0.480 e. The molecule has 2 rings (SSSR count). The first-order valence-corrected chi connectivity index (χ1v) is 5.82. The molecule has 0 saturated carbocycles. The van der Waals surface area contributed by atoms with Gasteiger partial charge in [-0.25, -0.2) is 9.82 Å². The molecule has 100 valence electrons. The quantitative estimate of drug-likeness (QED) is 0.661. The predicted octanol–water partition coefficient (Wildman–Crippen LogP) is 1.83. The Morgan fingerprint density at radius 3 is 2.68 bits per heavy atom. The van der Waals surface area contributed by atoms with Gasteiger partial charge in [0, 0.05) is 11.1 Å². The zero-order valence-corrected chi connectivity index (χ0v) is 10.9. The van der Waals surface area contributed by atoms with E-state index in [1.807, 2.05) is 0 Å². The van der Waals surface area contributed by atoms with E-state index >= 15 is 0 Å². The van der Waals surface area contributed by atoms with Gasteiger partial charge in [0.25, 0.3) is 0 Å². The van der Waals surface area contributed by atoms with E-state index < -0.39 is 11.9 Å². The summed E-state index contributed by atoms with van der Waals surface area (Å²) in [4.78, 5) is 0. The smallest absolute Gasteiger partial charge is 0.233 e. The van der Waals surface area contributed by atoms with Crippen LogP contribution in [0.3, 0.4) is 0 Å². The van der Waals surface area contributed by atoms with E-state index in [2.05, 4.69) is 15.6 Å². The summed E-state index contributed by atoms with van der Waals surface area (Å²) in [5, 5.41) is 8.20. The van der Waals surface area contributed by atoms with Crippen LogP contribution in [-0.2, 0) is 0 Å². The van der Waals surface area contributed by atoms with Gasteiger partial charge >= 0.3 is 0 Å². The summed E-state index contributed by atoms with van der Waals surface area (Å²) in [7, 11) is 1.49. The number of hydrogen-bond acceptors (Lipinski definition) is 5. The molecule has 0 aliphatic rings. The predicted molar refractivity (Wildman–Crippen MR) is 69.2 cm³/mol. The van der Waals surface area contributed by atoms with Crippen molar-refractivity contribution in [3.8, 4) is 5.88 Å². The molecular weight excluding hydrogens is 271 g/mol. The van der Waals surface area contributed by atoms with E-state index in [1.54, 1.807) is 12.1 Å². The Labute approximate surface area is 114 Å². The minimum absolute atomic E-state index is 0.380. The molecule has 1 atom stereocenters. The van der Waals surface area contributed by atoms with E-state index in [9.17, 15) is 4.39 Å². The van der Waals surface area contributed by atoms with E-state index in [-0.39, 0.29) is 0 Å². The van der Waals surface area contributed by atoms with Gasteiger partial charge in [0.15, 0.2) is 0 Å². The van der Waals surface area contributed by atoms with Crippen LogP contribution in [0.25, 0.3) is 0 Å². The molecule has 19 heavy (non-hydrogen) atoms. The minimum atomic E-state index is -0.554. The fraction of sp³-hybridized carbons (Fsp3) is 0.167. The molecule has 1 aromatic carbocycles. The lowest BCUT2D eigenvalue weighted by molar-refractivity contribution is 0.390. The number of nitrogens with one attached hydrogen (secondary N) is 1. The zero-order valence-electron chi connectivity index (χ0n) is 10.1. The molecule has 0 aliphatic heterocycles. The number of methoxy groups -OCH3 is 1. The van der Waals surface area contributed by atoms with Gasteiger partial charge < -0.3 is 4.74 Å². The topological polar surface area (TPSA) is 73.1 Å². The van der Waals surface area contributed by atoms with E-state index in [1.165, 1.54) is 25.3 Å². The van der Waals surface area contributed by atoms with Gasteiger partial charge in [-0.1, -0.05) is 11.6 Å². The van der Waals surface area contributed by atoms with Gasteiger partial charge in [0.2, 0.25) is 5.88 Å².